The van der Waals surface area contributed by atoms with Crippen molar-refractivity contribution in [3.8, 4) is 0 Å². The van der Waals surface area contributed by atoms with Crippen LogP contribution in [0.5, 0.6) is 0 Å². The summed E-state index contributed by atoms with van der Waals surface area (Å²) in [5, 5.41) is 13.5. The van der Waals surface area contributed by atoms with E-state index < -0.39 is 41.6 Å². The maximum Gasteiger partial charge on any atom is 0.416 e. The van der Waals surface area contributed by atoms with Gasteiger partial charge in [-0.25, -0.2) is 0 Å². The van der Waals surface area contributed by atoms with Crippen molar-refractivity contribution < 1.29 is 36.2 Å². The molecule has 0 bridgehead atoms. The molecule has 0 heterocycles. The molecule has 37 heavy (non-hydrogen) atoms. The molecule has 4 rings (SSSR count). The number of nitrogens with one attached hydrogen (secondary N) is 1. The second-order valence-corrected chi connectivity index (χ2v) is 10.1. The minimum absolute atomic E-state index is 0. The van der Waals surface area contributed by atoms with Gasteiger partial charge in [-0.3, -0.25) is 0 Å². The molecule has 0 saturated heterocycles. The van der Waals surface area contributed by atoms with Crippen LogP contribution in [0.4, 0.5) is 26.3 Å². The summed E-state index contributed by atoms with van der Waals surface area (Å²) >= 11 is 0. The van der Waals surface area contributed by atoms with Gasteiger partial charge in [-0.15, -0.1) is 12.4 Å². The van der Waals surface area contributed by atoms with Gasteiger partial charge in [-0.05, 0) is 80.3 Å². The molecule has 2 aliphatic carbocycles. The molecule has 0 spiro atoms. The Morgan fingerprint density at radius 3 is 1.95 bits per heavy atom. The summed E-state index contributed by atoms with van der Waals surface area (Å²) in [6.07, 6.45) is -5.44. The molecule has 0 aromatic heterocycles. The van der Waals surface area contributed by atoms with Crippen LogP contribution in [-0.2, 0) is 22.5 Å². The molecule has 2 aromatic carbocycles. The molecule has 0 radical (unpaired) electrons. The zero-order valence-corrected chi connectivity index (χ0v) is 21.1. The first-order valence-electron chi connectivity index (χ1n) is 12.3. The molecule has 0 aliphatic heterocycles. The smallest absolute Gasteiger partial charge is 0.393 e. The Morgan fingerprint density at radius 2 is 1.46 bits per heavy atom. The lowest BCUT2D eigenvalue weighted by atomic mass is 9.68. The van der Waals surface area contributed by atoms with Gasteiger partial charge in [-0.2, -0.15) is 26.3 Å². The highest BCUT2D eigenvalue weighted by atomic mass is 35.5. The fourth-order valence-electron chi connectivity index (χ4n) is 5.02. The second kappa shape index (κ2) is 11.9. The lowest BCUT2D eigenvalue weighted by Gasteiger charge is -2.41. The monoisotopic (exact) mass is 551 g/mol. The molecule has 3 nitrogen and oxygen atoms in total. The Morgan fingerprint density at radius 1 is 0.892 bits per heavy atom. The summed E-state index contributed by atoms with van der Waals surface area (Å²) in [6, 6.07) is 11.4. The van der Waals surface area contributed by atoms with Gasteiger partial charge in [0.25, 0.3) is 0 Å². The van der Waals surface area contributed by atoms with E-state index in [2.05, 4.69) is 5.32 Å². The second-order valence-electron chi connectivity index (χ2n) is 10.1. The molecule has 2 aromatic rings. The SMILES string of the molecule is Cl.OCC(OC[C@]1(c2ccccc2)CC[C@@H](NCC2CC2)CC1)c1cc(C(F)(F)F)cc(C(F)(F)F)c1. The molecular weight excluding hydrogens is 520 g/mol. The minimum Gasteiger partial charge on any atom is -0.393 e. The van der Waals surface area contributed by atoms with E-state index in [0.717, 1.165) is 43.7 Å². The number of aliphatic hydroxyl groups is 1. The van der Waals surface area contributed by atoms with Gasteiger partial charge in [-0.1, -0.05) is 30.3 Å². The topological polar surface area (TPSA) is 41.5 Å². The van der Waals surface area contributed by atoms with Crippen LogP contribution in [-0.4, -0.2) is 30.9 Å². The first kappa shape index (κ1) is 29.7. The van der Waals surface area contributed by atoms with Gasteiger partial charge in [0, 0.05) is 11.5 Å². The molecule has 10 heteroatoms. The highest BCUT2D eigenvalue weighted by Crippen LogP contribution is 2.42. The van der Waals surface area contributed by atoms with Gasteiger partial charge in [0.05, 0.1) is 24.3 Å². The third-order valence-corrected chi connectivity index (χ3v) is 7.43. The number of hydrogen-bond acceptors (Lipinski definition) is 3. The van der Waals surface area contributed by atoms with Crippen molar-refractivity contribution in [2.24, 2.45) is 5.92 Å². The highest BCUT2D eigenvalue weighted by molar-refractivity contribution is 5.85. The number of aliphatic hydroxyl groups excluding tert-OH is 1. The summed E-state index contributed by atoms with van der Waals surface area (Å²) < 4.78 is 86.0. The van der Waals surface area contributed by atoms with E-state index in [1.807, 2.05) is 30.3 Å². The molecule has 1 atom stereocenters. The summed E-state index contributed by atoms with van der Waals surface area (Å²) in [7, 11) is 0. The van der Waals surface area contributed by atoms with Crippen LogP contribution in [0.2, 0.25) is 0 Å². The minimum atomic E-state index is -4.97. The predicted octanol–water partition coefficient (Wildman–Crippen LogP) is 7.08. The normalized spacial score (nSPS) is 23.4. The largest absolute Gasteiger partial charge is 0.416 e. The molecule has 206 valence electrons. The molecule has 2 saturated carbocycles. The summed E-state index contributed by atoms with van der Waals surface area (Å²) in [4.78, 5) is 0. The van der Waals surface area contributed by atoms with Crippen molar-refractivity contribution in [3.05, 3.63) is 70.8 Å². The number of benzene rings is 2. The fraction of sp³-hybridized carbons (Fsp3) is 0.556. The van der Waals surface area contributed by atoms with E-state index in [9.17, 15) is 31.4 Å². The molecule has 2 aliphatic rings. The quantitative estimate of drug-likeness (QED) is 0.327. The molecule has 2 fully saturated rings. The average molecular weight is 552 g/mol. The maximum atomic E-state index is 13.3. The van der Waals surface area contributed by atoms with E-state index >= 15 is 0 Å². The van der Waals surface area contributed by atoms with Gasteiger partial charge in [0.2, 0.25) is 0 Å². The van der Waals surface area contributed by atoms with E-state index in [1.54, 1.807) is 0 Å². The zero-order valence-electron chi connectivity index (χ0n) is 20.2. The van der Waals surface area contributed by atoms with Crippen LogP contribution >= 0.6 is 12.4 Å². The lowest BCUT2D eigenvalue weighted by molar-refractivity contribution is -0.143. The fourth-order valence-corrected chi connectivity index (χ4v) is 5.02. The predicted molar refractivity (Wildman–Crippen MR) is 131 cm³/mol. The Balaban J connectivity index is 0.00000380. The van der Waals surface area contributed by atoms with Crippen LogP contribution in [0.25, 0.3) is 0 Å². The van der Waals surface area contributed by atoms with Crippen LogP contribution in [0, 0.1) is 5.92 Å². The first-order chi connectivity index (χ1) is 17.0. The number of hydrogen-bond donors (Lipinski definition) is 2. The Kier molecular flexibility index (Phi) is 9.59. The average Bonchev–Trinajstić information content (AvgIpc) is 3.68. The zero-order chi connectivity index (χ0) is 26.0. The van der Waals surface area contributed by atoms with Crippen molar-refractivity contribution in [1.82, 2.24) is 5.32 Å². The standard InChI is InChI=1S/C27H31F6NO2.ClH/c28-26(29,30)21-12-19(13-22(14-21)27(31,32)33)24(16-35)36-17-25(20-4-2-1-3-5-20)10-8-23(9-11-25)34-15-18-6-7-18;/h1-5,12-14,18,23-24,34-35H,6-11,15-17H2;1H/t23-,24?,25+;. The van der Waals surface area contributed by atoms with Gasteiger partial charge in [0.1, 0.15) is 6.10 Å². The van der Waals surface area contributed by atoms with E-state index in [1.165, 1.54) is 12.8 Å². The van der Waals surface area contributed by atoms with E-state index in [0.29, 0.717) is 18.2 Å². The van der Waals surface area contributed by atoms with Crippen molar-refractivity contribution in [1.29, 1.82) is 0 Å². The van der Waals surface area contributed by atoms with E-state index in [4.69, 9.17) is 4.74 Å². The Hall–Kier alpha value is -1.81. The van der Waals surface area contributed by atoms with E-state index in [-0.39, 0.29) is 30.6 Å². The van der Waals surface area contributed by atoms with Gasteiger partial charge >= 0.3 is 12.4 Å². The van der Waals surface area contributed by atoms with Crippen LogP contribution < -0.4 is 5.32 Å². The first-order valence-corrected chi connectivity index (χ1v) is 12.3. The Bertz CT molecular complexity index is 970. The molecule has 0 amide bonds. The third kappa shape index (κ3) is 7.62. The summed E-state index contributed by atoms with van der Waals surface area (Å²) in [5.41, 5.74) is -2.62. The number of rotatable bonds is 9. The lowest BCUT2D eigenvalue weighted by Crippen LogP contribution is -2.43. The summed E-state index contributed by atoms with van der Waals surface area (Å²) in [6.45, 7) is 0.341. The van der Waals surface area contributed by atoms with Crippen LogP contribution in [0.3, 0.4) is 0 Å². The Labute approximate surface area is 219 Å². The van der Waals surface area contributed by atoms with Gasteiger partial charge in [0.15, 0.2) is 0 Å². The summed E-state index contributed by atoms with van der Waals surface area (Å²) in [5.74, 6) is 0.758. The van der Waals surface area contributed by atoms with Crippen molar-refractivity contribution in [3.63, 3.8) is 0 Å². The molecule has 1 unspecified atom stereocenters. The third-order valence-electron chi connectivity index (χ3n) is 7.43. The number of alkyl halides is 6. The highest BCUT2D eigenvalue weighted by Gasteiger charge is 2.40. The maximum absolute atomic E-state index is 13.3. The molecular formula is C27H32ClF6NO2. The van der Waals surface area contributed by atoms with Crippen LogP contribution in [0.15, 0.2) is 48.5 Å². The molecule has 2 N–H and O–H groups in total. The van der Waals surface area contributed by atoms with Crippen molar-refractivity contribution in [2.45, 2.75) is 68.4 Å². The number of halogens is 7. The van der Waals surface area contributed by atoms with Crippen LogP contribution in [0.1, 0.15) is 66.9 Å². The van der Waals surface area contributed by atoms with Crippen molar-refractivity contribution in [2.75, 3.05) is 19.8 Å². The van der Waals surface area contributed by atoms with Gasteiger partial charge < -0.3 is 15.2 Å². The number of ether oxygens (including phenoxy) is 1. The van der Waals surface area contributed by atoms with Crippen molar-refractivity contribution >= 4 is 12.4 Å².